The maximum absolute atomic E-state index is 6.26. The molecule has 0 amide bonds. The molecule has 1 saturated carbocycles. The number of aromatic nitrogens is 3. The molecular formula is C14H12Cl4N4O. The predicted octanol–water partition coefficient (Wildman–Crippen LogP) is 4.26. The van der Waals surface area contributed by atoms with Crippen LogP contribution in [0.2, 0.25) is 10.0 Å². The van der Waals surface area contributed by atoms with E-state index in [0.29, 0.717) is 34.3 Å². The van der Waals surface area contributed by atoms with Gasteiger partial charge >= 0.3 is 0 Å². The summed E-state index contributed by atoms with van der Waals surface area (Å²) in [6, 6.07) is 5.18. The third-order valence-electron chi connectivity index (χ3n) is 3.34. The molecule has 1 heterocycles. The van der Waals surface area contributed by atoms with Gasteiger partial charge in [-0.2, -0.15) is 5.10 Å². The van der Waals surface area contributed by atoms with Crippen molar-refractivity contribution in [3.05, 3.63) is 46.5 Å². The molecule has 1 aromatic heterocycles. The number of hydroxylamine groups is 1. The van der Waals surface area contributed by atoms with Crippen molar-refractivity contribution < 1.29 is 4.84 Å². The topological polar surface area (TPSA) is 52.0 Å². The van der Waals surface area contributed by atoms with Crippen LogP contribution in [0.3, 0.4) is 0 Å². The van der Waals surface area contributed by atoms with E-state index in [1.54, 1.807) is 30.7 Å². The minimum absolute atomic E-state index is 0.103. The fourth-order valence-electron chi connectivity index (χ4n) is 1.95. The number of hydrogen-bond acceptors (Lipinski definition) is 4. The lowest BCUT2D eigenvalue weighted by Gasteiger charge is -2.13. The first-order valence-electron chi connectivity index (χ1n) is 6.73. The van der Waals surface area contributed by atoms with Crippen molar-refractivity contribution in [3.63, 3.8) is 0 Å². The maximum atomic E-state index is 6.26. The summed E-state index contributed by atoms with van der Waals surface area (Å²) in [5, 5.41) is 5.06. The fraction of sp³-hybridized carbons (Fsp3) is 0.286. The second-order valence-corrected chi connectivity index (χ2v) is 7.50. The molecule has 1 aliphatic rings. The van der Waals surface area contributed by atoms with Gasteiger partial charge in [0.1, 0.15) is 17.0 Å². The van der Waals surface area contributed by atoms with Gasteiger partial charge in [-0.3, -0.25) is 10.3 Å². The molecule has 1 N–H and O–H groups in total. The van der Waals surface area contributed by atoms with Crippen molar-refractivity contribution in [1.29, 1.82) is 0 Å². The van der Waals surface area contributed by atoms with E-state index < -0.39 is 4.33 Å². The fourth-order valence-corrected chi connectivity index (χ4v) is 2.95. The quantitative estimate of drug-likeness (QED) is 0.588. The molecule has 0 bridgehead atoms. The summed E-state index contributed by atoms with van der Waals surface area (Å²) < 4.78 is 0.844. The Bertz CT molecular complexity index is 718. The van der Waals surface area contributed by atoms with Crippen LogP contribution in [0.15, 0.2) is 30.9 Å². The summed E-state index contributed by atoms with van der Waals surface area (Å²) in [6.07, 6.45) is 5.39. The number of nitrogens with zero attached hydrogens (tertiary/aromatic N) is 3. The number of hydrogen-bond donors (Lipinski definition) is 1. The minimum Gasteiger partial charge on any atom is -0.276 e. The third-order valence-corrected chi connectivity index (χ3v) is 4.82. The zero-order valence-electron chi connectivity index (χ0n) is 11.7. The highest BCUT2D eigenvalue weighted by molar-refractivity contribution is 6.50. The van der Waals surface area contributed by atoms with Crippen LogP contribution >= 0.6 is 46.4 Å². The van der Waals surface area contributed by atoms with Crippen molar-refractivity contribution in [3.8, 4) is 0 Å². The van der Waals surface area contributed by atoms with Crippen molar-refractivity contribution >= 4 is 58.3 Å². The summed E-state index contributed by atoms with van der Waals surface area (Å²) >= 11 is 24.2. The van der Waals surface area contributed by atoms with Gasteiger partial charge in [0.2, 0.25) is 0 Å². The first-order chi connectivity index (χ1) is 11.0. The van der Waals surface area contributed by atoms with E-state index in [-0.39, 0.29) is 5.92 Å². The largest absolute Gasteiger partial charge is 0.276 e. The van der Waals surface area contributed by atoms with Crippen LogP contribution in [0.4, 0.5) is 0 Å². The number of halogens is 4. The Hall–Kier alpha value is -0.980. The molecule has 1 atom stereocenters. The van der Waals surface area contributed by atoms with Gasteiger partial charge in [-0.25, -0.2) is 9.67 Å². The molecule has 23 heavy (non-hydrogen) atoms. The summed E-state index contributed by atoms with van der Waals surface area (Å²) in [5.74, 6) is 0.103. The van der Waals surface area contributed by atoms with Crippen molar-refractivity contribution in [1.82, 2.24) is 20.2 Å². The van der Waals surface area contributed by atoms with E-state index >= 15 is 0 Å². The molecule has 0 radical (unpaired) electrons. The van der Waals surface area contributed by atoms with Crippen LogP contribution in [0.5, 0.6) is 0 Å². The van der Waals surface area contributed by atoms with Crippen LogP contribution in [-0.4, -0.2) is 25.7 Å². The summed E-state index contributed by atoms with van der Waals surface area (Å²) in [6.45, 7) is 0.382. The molecule has 0 saturated heterocycles. The molecule has 0 spiro atoms. The van der Waals surface area contributed by atoms with Crippen LogP contribution in [0.25, 0.3) is 11.9 Å². The summed E-state index contributed by atoms with van der Waals surface area (Å²) in [5.41, 5.74) is 4.19. The van der Waals surface area contributed by atoms with E-state index in [1.165, 1.54) is 11.0 Å². The molecule has 122 valence electrons. The molecule has 1 aromatic carbocycles. The molecular weight excluding hydrogens is 382 g/mol. The van der Waals surface area contributed by atoms with E-state index in [2.05, 4.69) is 15.6 Å². The molecule has 1 unspecified atom stereocenters. The average Bonchev–Trinajstić information content (AvgIpc) is 2.87. The van der Waals surface area contributed by atoms with Crippen LogP contribution in [-0.2, 0) is 4.84 Å². The van der Waals surface area contributed by atoms with E-state index in [9.17, 15) is 0 Å². The third kappa shape index (κ3) is 4.31. The van der Waals surface area contributed by atoms with Gasteiger partial charge in [0, 0.05) is 16.5 Å². The number of rotatable bonds is 6. The number of alkyl halides is 2. The average molecular weight is 394 g/mol. The zero-order chi connectivity index (χ0) is 16.4. The Kier molecular flexibility index (Phi) is 5.04. The van der Waals surface area contributed by atoms with Gasteiger partial charge in [0.25, 0.3) is 0 Å². The highest BCUT2D eigenvalue weighted by Gasteiger charge is 2.51. The maximum Gasteiger partial charge on any atom is 0.138 e. The van der Waals surface area contributed by atoms with Crippen LogP contribution in [0, 0.1) is 5.92 Å². The summed E-state index contributed by atoms with van der Waals surface area (Å²) in [7, 11) is 0. The lowest BCUT2D eigenvalue weighted by atomic mass is 10.2. The molecule has 0 aliphatic heterocycles. The molecule has 9 heteroatoms. The van der Waals surface area contributed by atoms with Crippen molar-refractivity contribution in [2.45, 2.75) is 10.8 Å². The van der Waals surface area contributed by atoms with Gasteiger partial charge in [0.15, 0.2) is 0 Å². The first kappa shape index (κ1) is 16.9. The van der Waals surface area contributed by atoms with Gasteiger partial charge in [-0.1, -0.05) is 23.2 Å². The Balaban J connectivity index is 1.76. The van der Waals surface area contributed by atoms with Crippen LogP contribution < -0.4 is 5.48 Å². The van der Waals surface area contributed by atoms with Crippen LogP contribution in [0.1, 0.15) is 12.0 Å². The minimum atomic E-state index is -0.685. The van der Waals surface area contributed by atoms with Gasteiger partial charge in [0.05, 0.1) is 23.5 Å². The molecule has 1 fully saturated rings. The van der Waals surface area contributed by atoms with Gasteiger partial charge in [-0.15, -0.1) is 23.2 Å². The van der Waals surface area contributed by atoms with Gasteiger partial charge < -0.3 is 0 Å². The van der Waals surface area contributed by atoms with E-state index in [4.69, 9.17) is 51.2 Å². The van der Waals surface area contributed by atoms with Gasteiger partial charge in [-0.05, 0) is 24.6 Å². The predicted molar refractivity (Wildman–Crippen MR) is 92.3 cm³/mol. The lowest BCUT2D eigenvalue weighted by molar-refractivity contribution is 0.0697. The monoisotopic (exact) mass is 392 g/mol. The molecule has 5 nitrogen and oxygen atoms in total. The highest BCUT2D eigenvalue weighted by Crippen LogP contribution is 2.53. The Morgan fingerprint density at radius 1 is 1.43 bits per heavy atom. The normalized spacial score (nSPS) is 19.7. The zero-order valence-corrected chi connectivity index (χ0v) is 14.7. The highest BCUT2D eigenvalue weighted by atomic mass is 35.5. The standard InChI is InChI=1S/C14H12Cl4N4O/c15-10-1-2-11(12(16)3-10)13(5-22-8-19-7-20-22)21-23-6-9-4-14(9,17)18/h1-3,5,7-9,21H,4,6H2. The second-order valence-electron chi connectivity index (χ2n) is 5.12. The second kappa shape index (κ2) is 6.87. The number of nitrogens with one attached hydrogen (secondary N) is 1. The van der Waals surface area contributed by atoms with Crippen molar-refractivity contribution in [2.24, 2.45) is 5.92 Å². The Morgan fingerprint density at radius 2 is 2.22 bits per heavy atom. The molecule has 1 aliphatic carbocycles. The van der Waals surface area contributed by atoms with E-state index in [1.807, 2.05) is 0 Å². The SMILES string of the molecule is Clc1ccc(C(=Cn2cncn2)NOCC2CC2(Cl)Cl)c(Cl)c1. The lowest BCUT2D eigenvalue weighted by Crippen LogP contribution is -2.17. The Morgan fingerprint density at radius 3 is 2.83 bits per heavy atom. The van der Waals surface area contributed by atoms with Crippen molar-refractivity contribution in [2.75, 3.05) is 6.61 Å². The summed E-state index contributed by atoms with van der Waals surface area (Å²) in [4.78, 5) is 9.40. The molecule has 3 rings (SSSR count). The number of benzene rings is 1. The Labute approximate surface area is 153 Å². The molecule has 2 aromatic rings. The first-order valence-corrected chi connectivity index (χ1v) is 8.24. The van der Waals surface area contributed by atoms with E-state index in [0.717, 1.165) is 0 Å². The smallest absolute Gasteiger partial charge is 0.138 e.